The Balaban J connectivity index is 1.57. The zero-order chi connectivity index (χ0) is 17.7. The number of rotatable bonds is 4. The van der Waals surface area contributed by atoms with Gasteiger partial charge in [0.25, 0.3) is 5.91 Å². The van der Waals surface area contributed by atoms with Crippen LogP contribution in [0.25, 0.3) is 0 Å². The Labute approximate surface area is 152 Å². The number of guanidine groups is 1. The number of nitrogens with one attached hydrogen (secondary N) is 1. The predicted molar refractivity (Wildman–Crippen MR) is 99.1 cm³/mol. The molecule has 8 heteroatoms. The molecule has 1 aromatic rings. The number of thioether (sulfide) groups is 1. The number of furan rings is 1. The molecule has 0 spiro atoms. The van der Waals surface area contributed by atoms with E-state index in [0.717, 1.165) is 30.4 Å². The SMILES string of the molecule is CCNC(=NCC1(O)CCSC1)N1CCN(C(=O)c2ccco2)CC1. The van der Waals surface area contributed by atoms with Crippen LogP contribution >= 0.6 is 11.8 Å². The number of aliphatic hydroxyl groups is 1. The lowest BCUT2D eigenvalue weighted by molar-refractivity contribution is 0.0655. The summed E-state index contributed by atoms with van der Waals surface area (Å²) < 4.78 is 5.20. The van der Waals surface area contributed by atoms with Gasteiger partial charge in [0.15, 0.2) is 11.7 Å². The zero-order valence-corrected chi connectivity index (χ0v) is 15.4. The number of carbonyl (C=O) groups is 1. The third-order valence-electron chi connectivity index (χ3n) is 4.54. The summed E-state index contributed by atoms with van der Waals surface area (Å²) in [6.45, 7) is 5.92. The van der Waals surface area contributed by atoms with Gasteiger partial charge in [-0.25, -0.2) is 0 Å². The molecule has 1 amide bonds. The second kappa shape index (κ2) is 8.14. The van der Waals surface area contributed by atoms with E-state index in [1.807, 2.05) is 6.92 Å². The molecule has 1 unspecified atom stereocenters. The smallest absolute Gasteiger partial charge is 0.289 e. The van der Waals surface area contributed by atoms with Crippen LogP contribution in [0.3, 0.4) is 0 Å². The number of aliphatic imine (C=N–C) groups is 1. The second-order valence-electron chi connectivity index (χ2n) is 6.45. The third-order valence-corrected chi connectivity index (χ3v) is 5.77. The lowest BCUT2D eigenvalue weighted by Gasteiger charge is -2.36. The first kappa shape index (κ1) is 18.1. The Morgan fingerprint density at radius 1 is 1.40 bits per heavy atom. The Bertz CT molecular complexity index is 591. The molecule has 1 aromatic heterocycles. The molecule has 0 saturated carbocycles. The Kier molecular flexibility index (Phi) is 5.90. The molecular weight excluding hydrogens is 340 g/mol. The molecule has 0 radical (unpaired) electrons. The van der Waals surface area contributed by atoms with Crippen LogP contribution in [0.1, 0.15) is 23.9 Å². The Morgan fingerprint density at radius 2 is 2.16 bits per heavy atom. The van der Waals surface area contributed by atoms with Gasteiger partial charge in [0.2, 0.25) is 0 Å². The highest BCUT2D eigenvalue weighted by atomic mass is 32.2. The molecule has 2 saturated heterocycles. The van der Waals surface area contributed by atoms with Crippen molar-refractivity contribution in [3.05, 3.63) is 24.2 Å². The van der Waals surface area contributed by atoms with Crippen molar-refractivity contribution in [1.29, 1.82) is 0 Å². The maximum absolute atomic E-state index is 12.3. The minimum atomic E-state index is -0.678. The van der Waals surface area contributed by atoms with Crippen molar-refractivity contribution in [2.24, 2.45) is 4.99 Å². The van der Waals surface area contributed by atoms with Crippen molar-refractivity contribution in [2.75, 3.05) is 50.8 Å². The summed E-state index contributed by atoms with van der Waals surface area (Å²) in [6.07, 6.45) is 2.32. The molecule has 3 heterocycles. The average Bonchev–Trinajstić information content (AvgIpc) is 3.30. The zero-order valence-electron chi connectivity index (χ0n) is 14.6. The van der Waals surface area contributed by atoms with Gasteiger partial charge in [-0.3, -0.25) is 9.79 Å². The van der Waals surface area contributed by atoms with Gasteiger partial charge < -0.3 is 24.6 Å². The van der Waals surface area contributed by atoms with Gasteiger partial charge in [0, 0.05) is 38.5 Å². The number of hydrogen-bond donors (Lipinski definition) is 2. The maximum Gasteiger partial charge on any atom is 0.289 e. The van der Waals surface area contributed by atoms with Crippen molar-refractivity contribution < 1.29 is 14.3 Å². The first-order valence-electron chi connectivity index (χ1n) is 8.77. The van der Waals surface area contributed by atoms with Crippen molar-refractivity contribution >= 4 is 23.6 Å². The van der Waals surface area contributed by atoms with Crippen LogP contribution in [0.2, 0.25) is 0 Å². The summed E-state index contributed by atoms with van der Waals surface area (Å²) in [6, 6.07) is 3.42. The van der Waals surface area contributed by atoms with Crippen LogP contribution in [0, 0.1) is 0 Å². The monoisotopic (exact) mass is 366 g/mol. The molecule has 0 bridgehead atoms. The highest BCUT2D eigenvalue weighted by Crippen LogP contribution is 2.28. The standard InChI is InChI=1S/C17H26N4O3S/c1-2-18-16(19-12-17(23)5-11-25-13-17)21-8-6-20(7-9-21)15(22)14-4-3-10-24-14/h3-4,10,23H,2,5-9,11-13H2,1H3,(H,18,19). The van der Waals surface area contributed by atoms with E-state index in [-0.39, 0.29) is 5.91 Å². The summed E-state index contributed by atoms with van der Waals surface area (Å²) in [5.74, 6) is 2.88. The molecule has 2 fully saturated rings. The van der Waals surface area contributed by atoms with E-state index in [4.69, 9.17) is 4.42 Å². The minimum Gasteiger partial charge on any atom is -0.459 e. The number of hydrogen-bond acceptors (Lipinski definition) is 5. The number of carbonyl (C=O) groups excluding carboxylic acids is 1. The average molecular weight is 366 g/mol. The quantitative estimate of drug-likeness (QED) is 0.608. The molecule has 1 atom stereocenters. The fraction of sp³-hybridized carbons (Fsp3) is 0.647. The van der Waals surface area contributed by atoms with E-state index in [1.54, 1.807) is 28.8 Å². The van der Waals surface area contributed by atoms with Crippen molar-refractivity contribution in [1.82, 2.24) is 15.1 Å². The van der Waals surface area contributed by atoms with E-state index in [9.17, 15) is 9.90 Å². The Morgan fingerprint density at radius 3 is 2.76 bits per heavy atom. The van der Waals surface area contributed by atoms with E-state index in [1.165, 1.54) is 6.26 Å². The number of piperazine rings is 1. The first-order chi connectivity index (χ1) is 12.1. The van der Waals surface area contributed by atoms with Gasteiger partial charge in [0.1, 0.15) is 0 Å². The molecular formula is C17H26N4O3S. The van der Waals surface area contributed by atoms with E-state index in [2.05, 4.69) is 15.2 Å². The van der Waals surface area contributed by atoms with Crippen LogP contribution in [0.15, 0.2) is 27.8 Å². The van der Waals surface area contributed by atoms with Crippen molar-refractivity contribution in [3.63, 3.8) is 0 Å². The first-order valence-corrected chi connectivity index (χ1v) is 9.93. The van der Waals surface area contributed by atoms with Crippen LogP contribution < -0.4 is 5.32 Å². The van der Waals surface area contributed by atoms with Crippen LogP contribution in [0.5, 0.6) is 0 Å². The molecule has 2 N–H and O–H groups in total. The highest BCUT2D eigenvalue weighted by Gasteiger charge is 2.32. The van der Waals surface area contributed by atoms with Crippen LogP contribution in [-0.4, -0.2) is 83.1 Å². The van der Waals surface area contributed by atoms with Gasteiger partial charge >= 0.3 is 0 Å². The molecule has 138 valence electrons. The fourth-order valence-electron chi connectivity index (χ4n) is 3.05. The van der Waals surface area contributed by atoms with Gasteiger partial charge in [-0.1, -0.05) is 0 Å². The topological polar surface area (TPSA) is 81.3 Å². The normalized spacial score (nSPS) is 24.6. The highest BCUT2D eigenvalue weighted by molar-refractivity contribution is 7.99. The summed E-state index contributed by atoms with van der Waals surface area (Å²) in [5.41, 5.74) is -0.678. The largest absolute Gasteiger partial charge is 0.459 e. The molecule has 2 aliphatic rings. The summed E-state index contributed by atoms with van der Waals surface area (Å²) in [7, 11) is 0. The van der Waals surface area contributed by atoms with Gasteiger partial charge in [-0.2, -0.15) is 11.8 Å². The fourth-order valence-corrected chi connectivity index (χ4v) is 4.33. The van der Waals surface area contributed by atoms with Gasteiger partial charge in [-0.05, 0) is 31.2 Å². The van der Waals surface area contributed by atoms with Crippen molar-refractivity contribution in [3.8, 4) is 0 Å². The van der Waals surface area contributed by atoms with Crippen molar-refractivity contribution in [2.45, 2.75) is 18.9 Å². The minimum absolute atomic E-state index is 0.0659. The molecule has 25 heavy (non-hydrogen) atoms. The van der Waals surface area contributed by atoms with E-state index >= 15 is 0 Å². The second-order valence-corrected chi connectivity index (χ2v) is 7.56. The van der Waals surface area contributed by atoms with Gasteiger partial charge in [-0.15, -0.1) is 0 Å². The van der Waals surface area contributed by atoms with E-state index < -0.39 is 5.60 Å². The summed E-state index contributed by atoms with van der Waals surface area (Å²) in [4.78, 5) is 21.0. The lowest BCUT2D eigenvalue weighted by Crippen LogP contribution is -2.54. The van der Waals surface area contributed by atoms with Crippen LogP contribution in [0.4, 0.5) is 0 Å². The number of nitrogens with zero attached hydrogens (tertiary/aromatic N) is 3. The lowest BCUT2D eigenvalue weighted by atomic mass is 10.0. The molecule has 2 aliphatic heterocycles. The van der Waals surface area contributed by atoms with E-state index in [0.29, 0.717) is 38.5 Å². The third kappa shape index (κ3) is 4.49. The molecule has 7 nitrogen and oxygen atoms in total. The maximum atomic E-state index is 12.3. The molecule has 0 aromatic carbocycles. The molecule has 0 aliphatic carbocycles. The summed E-state index contributed by atoms with van der Waals surface area (Å²) >= 11 is 1.78. The van der Waals surface area contributed by atoms with Crippen LogP contribution in [-0.2, 0) is 0 Å². The number of amides is 1. The Hall–Kier alpha value is -1.67. The predicted octanol–water partition coefficient (Wildman–Crippen LogP) is 0.871. The van der Waals surface area contributed by atoms with Gasteiger partial charge in [0.05, 0.1) is 18.4 Å². The molecule has 3 rings (SSSR count). The summed E-state index contributed by atoms with van der Waals surface area (Å²) in [5, 5.41) is 13.8.